The third kappa shape index (κ3) is 13.5. The molecule has 0 radical (unpaired) electrons. The van der Waals surface area contributed by atoms with Gasteiger partial charge >= 0.3 is 5.97 Å². The fourth-order valence-electron chi connectivity index (χ4n) is 9.92. The van der Waals surface area contributed by atoms with Crippen molar-refractivity contribution in [1.82, 2.24) is 10.2 Å². The van der Waals surface area contributed by atoms with E-state index in [4.69, 9.17) is 23.7 Å². The van der Waals surface area contributed by atoms with E-state index in [2.05, 4.69) is 5.32 Å². The molecule has 0 spiro atoms. The largest absolute Gasteiger partial charge is 0.456 e. The molecule has 15 nitrogen and oxygen atoms in total. The van der Waals surface area contributed by atoms with Crippen LogP contribution in [0.1, 0.15) is 119 Å². The molecule has 14 atom stereocenters. The predicted molar refractivity (Wildman–Crippen MR) is 237 cm³/mol. The molecule has 2 bridgehead atoms. The number of carbonyl (C=O) groups is 6. The summed E-state index contributed by atoms with van der Waals surface area (Å²) in [5, 5.41) is 26.1. The van der Waals surface area contributed by atoms with Gasteiger partial charge in [-0.1, -0.05) is 57.2 Å². The molecule has 3 heterocycles. The number of allylic oxidation sites excluding steroid dienone is 3. The molecule has 1 saturated carbocycles. The molecule has 4 aliphatic rings. The molecule has 3 aliphatic heterocycles. The van der Waals surface area contributed by atoms with Crippen LogP contribution in [-0.4, -0.2) is 138 Å². The van der Waals surface area contributed by atoms with E-state index >= 15 is 0 Å². The quantitative estimate of drug-likeness (QED) is 0.161. The van der Waals surface area contributed by atoms with Crippen LogP contribution in [0.4, 0.5) is 0 Å². The molecule has 3 fully saturated rings. The number of cyclic esters (lactones) is 1. The number of hydrogen-bond donors (Lipinski definition) is 3. The van der Waals surface area contributed by atoms with Crippen LogP contribution in [0.25, 0.3) is 0 Å². The molecule has 0 aromatic heterocycles. The van der Waals surface area contributed by atoms with Gasteiger partial charge in [-0.05, 0) is 95.5 Å². The van der Waals surface area contributed by atoms with Crippen molar-refractivity contribution >= 4 is 46.2 Å². The number of piperidine rings is 1. The standard InChI is InChI=1S/C47H74N2O13S/c1-11-33-19-26(2)18-27(3)20-38(59-9)43-39(60-10)22-29(5)47(57,62-43)44(54)45(55)49-17-13-12-14-34(49)46(56)61-42(30(6)35(51)24-36(33)52)28(4)21-32-15-16-40(37(23-32)58-8)63-41(53)25-48-31(7)50/h19,21,27,29-30,32-35,37-40,42-43,51,57H,11-18,20,22-25H2,1-10H3,(H,48,50)/b26-19+,28-21+/t27-,29+,30+,32-,33+,34-,35-,37+,38-,39-,40-,42+,43+,47+/m0/s1. The maximum atomic E-state index is 14.4. The Balaban J connectivity index is 1.71. The van der Waals surface area contributed by atoms with Crippen LogP contribution in [-0.2, 0) is 52.5 Å². The molecule has 0 aromatic carbocycles. The van der Waals surface area contributed by atoms with Crippen molar-refractivity contribution in [2.75, 3.05) is 34.4 Å². The zero-order chi connectivity index (χ0) is 46.8. The first-order valence-corrected chi connectivity index (χ1v) is 23.7. The summed E-state index contributed by atoms with van der Waals surface area (Å²) in [5.41, 5.74) is 1.62. The first kappa shape index (κ1) is 52.6. The molecule has 16 heteroatoms. The Morgan fingerprint density at radius 2 is 1.62 bits per heavy atom. The summed E-state index contributed by atoms with van der Waals surface area (Å²) in [6, 6.07) is -1.17. The van der Waals surface area contributed by atoms with E-state index in [0.29, 0.717) is 56.9 Å². The number of amides is 2. The molecule has 63 heavy (non-hydrogen) atoms. The molecule has 356 valence electrons. The second-order valence-electron chi connectivity index (χ2n) is 18.5. The maximum absolute atomic E-state index is 14.4. The van der Waals surface area contributed by atoms with Crippen LogP contribution in [0.5, 0.6) is 0 Å². The number of nitrogens with zero attached hydrogens (tertiary/aromatic N) is 1. The number of rotatable bonds is 9. The molecule has 2 saturated heterocycles. The number of nitrogens with one attached hydrogen (secondary N) is 1. The Bertz CT molecular complexity index is 1690. The third-order valence-corrected chi connectivity index (χ3v) is 14.9. The number of hydrogen-bond acceptors (Lipinski definition) is 14. The number of methoxy groups -OCH3 is 3. The Morgan fingerprint density at radius 3 is 2.25 bits per heavy atom. The zero-order valence-electron chi connectivity index (χ0n) is 39.1. The van der Waals surface area contributed by atoms with Crippen LogP contribution in [0.15, 0.2) is 23.3 Å². The predicted octanol–water partition coefficient (Wildman–Crippen LogP) is 4.88. The number of carbonyl (C=O) groups excluding carboxylic acids is 6. The number of Topliss-reactive ketones (excluding diaryl/α,β-unsaturated/α-hetero) is 2. The molecule has 3 N–H and O–H groups in total. The SMILES string of the molecule is CC[C@@H]1/C=C(\C)C[C@H](C)C[C@H](OC)[C@H]2O[C@@](O)(C(=O)C(=O)N3CCCC[C@H]3C(=O)O[C@H](/C(C)=C/[C@@H]3CC[C@H](SC(=O)CNC(C)=O)[C@H](OC)C3)[C@H](C)[C@@H](O)CC1=O)[C@H](C)C[C@@H]2OC. The van der Waals surface area contributed by atoms with Crippen LogP contribution in [0.2, 0.25) is 0 Å². The molecule has 1 aliphatic carbocycles. The van der Waals surface area contributed by atoms with Gasteiger partial charge in [-0.15, -0.1) is 0 Å². The van der Waals surface area contributed by atoms with E-state index in [0.717, 1.165) is 17.3 Å². The van der Waals surface area contributed by atoms with Crippen molar-refractivity contribution in [2.24, 2.45) is 29.6 Å². The summed E-state index contributed by atoms with van der Waals surface area (Å²) in [5.74, 6) is -8.05. The summed E-state index contributed by atoms with van der Waals surface area (Å²) in [7, 11) is 4.64. The van der Waals surface area contributed by atoms with E-state index in [-0.39, 0.29) is 72.3 Å². The highest BCUT2D eigenvalue weighted by molar-refractivity contribution is 8.14. The van der Waals surface area contributed by atoms with E-state index < -0.39 is 77.8 Å². The number of fused-ring (bicyclic) bond motifs is 3. The summed E-state index contributed by atoms with van der Waals surface area (Å²) in [6.45, 7) is 12.5. The molecule has 4 rings (SSSR count). The summed E-state index contributed by atoms with van der Waals surface area (Å²) < 4.78 is 30.2. The van der Waals surface area contributed by atoms with Crippen molar-refractivity contribution in [3.8, 4) is 0 Å². The average Bonchev–Trinajstić information content (AvgIpc) is 3.25. The van der Waals surface area contributed by atoms with Gasteiger partial charge in [0.1, 0.15) is 24.0 Å². The lowest BCUT2D eigenvalue weighted by atomic mass is 9.82. The Hall–Kier alpha value is -2.99. The fourth-order valence-corrected chi connectivity index (χ4v) is 11.0. The minimum atomic E-state index is -2.53. The minimum Gasteiger partial charge on any atom is -0.456 e. The van der Waals surface area contributed by atoms with Gasteiger partial charge in [0.25, 0.3) is 11.7 Å². The van der Waals surface area contributed by atoms with Crippen LogP contribution in [0, 0.1) is 29.6 Å². The first-order valence-electron chi connectivity index (χ1n) is 22.8. The number of ether oxygens (including phenoxy) is 5. The highest BCUT2D eigenvalue weighted by atomic mass is 32.2. The van der Waals surface area contributed by atoms with Gasteiger partial charge in [-0.3, -0.25) is 24.0 Å². The second-order valence-corrected chi connectivity index (χ2v) is 19.8. The Morgan fingerprint density at radius 1 is 0.952 bits per heavy atom. The van der Waals surface area contributed by atoms with Crippen molar-refractivity contribution in [3.05, 3.63) is 23.3 Å². The van der Waals surface area contributed by atoms with Crippen molar-refractivity contribution < 1.29 is 62.7 Å². The first-order chi connectivity index (χ1) is 29.8. The molecule has 0 aromatic rings. The summed E-state index contributed by atoms with van der Waals surface area (Å²) in [4.78, 5) is 82.1. The van der Waals surface area contributed by atoms with Crippen molar-refractivity contribution in [1.29, 1.82) is 0 Å². The number of aliphatic hydroxyl groups excluding tert-OH is 1. The molecular weight excluding hydrogens is 833 g/mol. The number of esters is 1. The zero-order valence-corrected chi connectivity index (χ0v) is 39.9. The minimum absolute atomic E-state index is 0.0164. The molecule has 2 amide bonds. The molecular formula is C47H74N2O13S. The second kappa shape index (κ2) is 24.0. The van der Waals surface area contributed by atoms with Crippen LogP contribution in [0.3, 0.4) is 0 Å². The lowest BCUT2D eigenvalue weighted by Crippen LogP contribution is -2.64. The number of thioether (sulfide) groups is 1. The average molecular weight is 907 g/mol. The van der Waals surface area contributed by atoms with Crippen molar-refractivity contribution in [3.63, 3.8) is 0 Å². The van der Waals surface area contributed by atoms with Gasteiger partial charge in [-0.25, -0.2) is 4.79 Å². The summed E-state index contributed by atoms with van der Waals surface area (Å²) >= 11 is 1.16. The monoisotopic (exact) mass is 906 g/mol. The van der Waals surface area contributed by atoms with E-state index in [1.807, 2.05) is 39.8 Å². The van der Waals surface area contributed by atoms with Gasteiger partial charge in [-0.2, -0.15) is 0 Å². The maximum Gasteiger partial charge on any atom is 0.329 e. The fraction of sp³-hybridized carbons (Fsp3) is 0.787. The normalized spacial score (nSPS) is 38.1. The van der Waals surface area contributed by atoms with E-state index in [9.17, 15) is 39.0 Å². The van der Waals surface area contributed by atoms with Gasteiger partial charge < -0.3 is 44.1 Å². The topological polar surface area (TPSA) is 204 Å². The third-order valence-electron chi connectivity index (χ3n) is 13.6. The summed E-state index contributed by atoms with van der Waals surface area (Å²) in [6.07, 6.45) is 4.17. The highest BCUT2D eigenvalue weighted by Crippen LogP contribution is 2.40. The van der Waals surface area contributed by atoms with Crippen LogP contribution < -0.4 is 5.32 Å². The lowest BCUT2D eigenvalue weighted by molar-refractivity contribution is -0.302. The number of ketones is 2. The highest BCUT2D eigenvalue weighted by Gasteiger charge is 2.56. The van der Waals surface area contributed by atoms with Crippen LogP contribution >= 0.6 is 11.8 Å². The van der Waals surface area contributed by atoms with Gasteiger partial charge in [0.2, 0.25) is 16.8 Å². The van der Waals surface area contributed by atoms with Gasteiger partial charge in [0.05, 0.1) is 31.0 Å². The van der Waals surface area contributed by atoms with Gasteiger partial charge in [0.15, 0.2) is 0 Å². The molecule has 0 unspecified atom stereocenters. The van der Waals surface area contributed by atoms with Crippen molar-refractivity contribution in [2.45, 2.75) is 173 Å². The smallest absolute Gasteiger partial charge is 0.329 e. The van der Waals surface area contributed by atoms with E-state index in [1.54, 1.807) is 21.0 Å². The number of aliphatic hydroxyl groups is 2. The van der Waals surface area contributed by atoms with Gasteiger partial charge in [0, 0.05) is 64.2 Å². The Labute approximate surface area is 378 Å². The van der Waals surface area contributed by atoms with E-state index in [1.165, 1.54) is 26.0 Å². The Kier molecular flexibility index (Phi) is 20.0. The lowest BCUT2D eigenvalue weighted by Gasteiger charge is -2.47.